The summed E-state index contributed by atoms with van der Waals surface area (Å²) in [6.45, 7) is 0.846. The van der Waals surface area contributed by atoms with Crippen molar-refractivity contribution in [3.63, 3.8) is 0 Å². The smallest absolute Gasteiger partial charge is 0.282 e. The van der Waals surface area contributed by atoms with Gasteiger partial charge in [-0.25, -0.2) is 18.7 Å². The second-order valence-corrected chi connectivity index (χ2v) is 9.29. The van der Waals surface area contributed by atoms with Crippen LogP contribution in [0.1, 0.15) is 16.1 Å². The van der Waals surface area contributed by atoms with E-state index < -0.39 is 24.9 Å². The fraction of sp³-hybridized carbons (Fsp3) is 0.185. The molecule has 1 fully saturated rings. The van der Waals surface area contributed by atoms with E-state index >= 15 is 0 Å². The number of aryl methyl sites for hydroxylation is 2. The van der Waals surface area contributed by atoms with E-state index in [0.717, 1.165) is 43.7 Å². The number of fused-ring (bicyclic) bond motifs is 1. The number of nitrogens with one attached hydrogen (secondary N) is 2. The SMILES string of the molecule is Cc1cnc(-c2ccc3cc(C(=O)N4CC(F)(F)C4)n(C)c3c2)nc1Nc1ccc(-c2cn[nH]c2)cc1. The number of carbonyl (C=O) groups excluding carboxylic acids is 1. The molecular formula is C27H23F2N7O. The van der Waals surface area contributed by atoms with Gasteiger partial charge < -0.3 is 14.8 Å². The minimum atomic E-state index is -2.80. The average molecular weight is 500 g/mol. The second kappa shape index (κ2) is 8.51. The Morgan fingerprint density at radius 1 is 1.03 bits per heavy atom. The molecule has 0 radical (unpaired) electrons. The van der Waals surface area contributed by atoms with E-state index in [1.807, 2.05) is 55.6 Å². The van der Waals surface area contributed by atoms with E-state index in [1.165, 1.54) is 0 Å². The van der Waals surface area contributed by atoms with Gasteiger partial charge in [-0.2, -0.15) is 5.10 Å². The Morgan fingerprint density at radius 2 is 1.78 bits per heavy atom. The van der Waals surface area contributed by atoms with Gasteiger partial charge in [0, 0.05) is 52.7 Å². The Labute approximate surface area is 211 Å². The first-order valence-corrected chi connectivity index (χ1v) is 11.7. The Kier molecular flexibility index (Phi) is 5.25. The number of hydrogen-bond donors (Lipinski definition) is 2. The Bertz CT molecular complexity index is 1620. The summed E-state index contributed by atoms with van der Waals surface area (Å²) in [5.74, 6) is -1.99. The molecule has 0 atom stereocenters. The second-order valence-electron chi connectivity index (χ2n) is 9.29. The van der Waals surface area contributed by atoms with Crippen molar-refractivity contribution in [2.75, 3.05) is 18.4 Å². The van der Waals surface area contributed by atoms with E-state index in [0.29, 0.717) is 17.3 Å². The van der Waals surface area contributed by atoms with Gasteiger partial charge in [0.15, 0.2) is 5.82 Å². The highest BCUT2D eigenvalue weighted by molar-refractivity contribution is 6.00. The molecule has 0 saturated carbocycles. The molecule has 1 saturated heterocycles. The third-order valence-electron chi connectivity index (χ3n) is 6.61. The summed E-state index contributed by atoms with van der Waals surface area (Å²) in [6.07, 6.45) is 5.38. The van der Waals surface area contributed by atoms with Crippen molar-refractivity contribution in [3.05, 3.63) is 78.4 Å². The zero-order valence-corrected chi connectivity index (χ0v) is 20.2. The van der Waals surface area contributed by atoms with Crippen LogP contribution >= 0.6 is 0 Å². The molecule has 10 heteroatoms. The molecule has 1 amide bonds. The first-order chi connectivity index (χ1) is 17.8. The van der Waals surface area contributed by atoms with E-state index in [-0.39, 0.29) is 0 Å². The van der Waals surface area contributed by atoms with Crippen molar-refractivity contribution in [1.29, 1.82) is 0 Å². The zero-order chi connectivity index (χ0) is 25.7. The van der Waals surface area contributed by atoms with Gasteiger partial charge in [-0.15, -0.1) is 0 Å². The maximum Gasteiger partial charge on any atom is 0.282 e. The largest absolute Gasteiger partial charge is 0.340 e. The highest BCUT2D eigenvalue weighted by atomic mass is 19.3. The summed E-state index contributed by atoms with van der Waals surface area (Å²) < 4.78 is 28.3. The molecule has 186 valence electrons. The molecular weight excluding hydrogens is 476 g/mol. The third kappa shape index (κ3) is 4.20. The predicted octanol–water partition coefficient (Wildman–Crippen LogP) is 5.17. The van der Waals surface area contributed by atoms with Crippen molar-refractivity contribution in [2.24, 2.45) is 7.05 Å². The number of aromatic nitrogens is 5. The molecule has 1 aliphatic heterocycles. The van der Waals surface area contributed by atoms with E-state index in [9.17, 15) is 13.6 Å². The Balaban J connectivity index is 1.27. The van der Waals surface area contributed by atoms with Gasteiger partial charge in [-0.3, -0.25) is 9.89 Å². The van der Waals surface area contributed by atoms with Crippen LogP contribution in [0.5, 0.6) is 0 Å². The number of aromatic amines is 1. The molecule has 5 aromatic rings. The van der Waals surface area contributed by atoms with Gasteiger partial charge in [0.05, 0.1) is 19.3 Å². The predicted molar refractivity (Wildman–Crippen MR) is 137 cm³/mol. The number of alkyl halides is 2. The number of nitrogens with zero attached hydrogens (tertiary/aromatic N) is 5. The number of rotatable bonds is 5. The highest BCUT2D eigenvalue weighted by Gasteiger charge is 2.46. The summed E-state index contributed by atoms with van der Waals surface area (Å²) in [4.78, 5) is 23.2. The summed E-state index contributed by atoms with van der Waals surface area (Å²) in [7, 11) is 1.76. The van der Waals surface area contributed by atoms with Crippen LogP contribution in [-0.2, 0) is 7.05 Å². The maximum absolute atomic E-state index is 13.3. The van der Waals surface area contributed by atoms with Crippen LogP contribution in [0.3, 0.4) is 0 Å². The van der Waals surface area contributed by atoms with Crippen molar-refractivity contribution >= 4 is 28.3 Å². The van der Waals surface area contributed by atoms with Crippen molar-refractivity contribution < 1.29 is 13.6 Å². The lowest BCUT2D eigenvalue weighted by molar-refractivity contribution is -0.113. The molecule has 8 nitrogen and oxygen atoms in total. The quantitative estimate of drug-likeness (QED) is 0.348. The summed E-state index contributed by atoms with van der Waals surface area (Å²) in [5.41, 5.74) is 5.78. The van der Waals surface area contributed by atoms with Gasteiger partial charge in [0.2, 0.25) is 0 Å². The average Bonchev–Trinajstić information content (AvgIpc) is 3.52. The van der Waals surface area contributed by atoms with Gasteiger partial charge in [-0.05, 0) is 36.8 Å². The molecule has 1 aliphatic rings. The van der Waals surface area contributed by atoms with E-state index in [2.05, 4.69) is 20.5 Å². The van der Waals surface area contributed by atoms with E-state index in [1.54, 1.807) is 30.1 Å². The Morgan fingerprint density at radius 3 is 2.49 bits per heavy atom. The number of anilines is 2. The maximum atomic E-state index is 13.3. The molecule has 3 aromatic heterocycles. The van der Waals surface area contributed by atoms with Gasteiger partial charge in [0.25, 0.3) is 11.8 Å². The van der Waals surface area contributed by atoms with Crippen LogP contribution in [0.15, 0.2) is 67.1 Å². The molecule has 0 aliphatic carbocycles. The highest BCUT2D eigenvalue weighted by Crippen LogP contribution is 2.31. The monoisotopic (exact) mass is 499 g/mol. The molecule has 0 spiro atoms. The fourth-order valence-electron chi connectivity index (χ4n) is 4.49. The lowest BCUT2D eigenvalue weighted by Crippen LogP contribution is -2.58. The molecule has 37 heavy (non-hydrogen) atoms. The Hall–Kier alpha value is -4.60. The molecule has 6 rings (SSSR count). The van der Waals surface area contributed by atoms with Crippen LogP contribution in [0.2, 0.25) is 0 Å². The summed E-state index contributed by atoms with van der Waals surface area (Å²) in [5, 5.41) is 11.0. The van der Waals surface area contributed by atoms with Crippen LogP contribution in [0.4, 0.5) is 20.3 Å². The van der Waals surface area contributed by atoms with Gasteiger partial charge >= 0.3 is 0 Å². The standard InChI is InChI=1S/C27H23F2N7O/c1-16-11-30-25(34-24(16)33-21-7-5-17(6-8-21)20-12-31-32-13-20)19-4-3-18-9-23(35(2)22(18)10-19)26(37)36-14-27(28,29)15-36/h3-13H,14-15H2,1-2H3,(H,31,32)(H,30,33,34). The third-order valence-corrected chi connectivity index (χ3v) is 6.61. The lowest BCUT2D eigenvalue weighted by Gasteiger charge is -2.38. The van der Waals surface area contributed by atoms with Crippen LogP contribution in [-0.4, -0.2) is 54.6 Å². The number of hydrogen-bond acceptors (Lipinski definition) is 5. The lowest BCUT2D eigenvalue weighted by atomic mass is 10.1. The summed E-state index contributed by atoms with van der Waals surface area (Å²) in [6, 6.07) is 15.4. The van der Waals surface area contributed by atoms with Gasteiger partial charge in [0.1, 0.15) is 11.5 Å². The van der Waals surface area contributed by atoms with Crippen molar-refractivity contribution in [2.45, 2.75) is 12.8 Å². The number of likely N-dealkylation sites (tertiary alicyclic amines) is 1. The zero-order valence-electron chi connectivity index (χ0n) is 20.2. The van der Waals surface area contributed by atoms with Crippen molar-refractivity contribution in [1.82, 2.24) is 29.6 Å². The minimum Gasteiger partial charge on any atom is -0.340 e. The fourth-order valence-corrected chi connectivity index (χ4v) is 4.49. The topological polar surface area (TPSA) is 91.7 Å². The minimum absolute atomic E-state index is 0.369. The number of H-pyrrole nitrogens is 1. The first-order valence-electron chi connectivity index (χ1n) is 11.7. The summed E-state index contributed by atoms with van der Waals surface area (Å²) >= 11 is 0. The molecule has 2 aromatic carbocycles. The number of carbonyl (C=O) groups is 1. The number of benzene rings is 2. The number of amides is 1. The first kappa shape index (κ1) is 22.8. The van der Waals surface area contributed by atoms with Crippen LogP contribution < -0.4 is 5.32 Å². The van der Waals surface area contributed by atoms with Crippen molar-refractivity contribution in [3.8, 4) is 22.5 Å². The molecule has 2 N–H and O–H groups in total. The van der Waals surface area contributed by atoms with E-state index in [4.69, 9.17) is 4.98 Å². The van der Waals surface area contributed by atoms with Gasteiger partial charge in [-0.1, -0.05) is 24.3 Å². The molecule has 0 unspecified atom stereocenters. The normalized spacial score (nSPS) is 14.5. The van der Waals surface area contributed by atoms with Crippen LogP contribution in [0.25, 0.3) is 33.4 Å². The molecule has 4 heterocycles. The molecule has 0 bridgehead atoms. The van der Waals surface area contributed by atoms with Crippen LogP contribution in [0, 0.1) is 6.92 Å². The number of halogens is 2.